The molecule has 0 unspecified atom stereocenters. The molecule has 5 rings (SSSR count). The highest BCUT2D eigenvalue weighted by Crippen LogP contribution is 2.57. The summed E-state index contributed by atoms with van der Waals surface area (Å²) in [6.07, 6.45) is 3.77. The van der Waals surface area contributed by atoms with Crippen LogP contribution in [0.25, 0.3) is 0 Å². The second-order valence-corrected chi connectivity index (χ2v) is 8.80. The van der Waals surface area contributed by atoms with Crippen molar-refractivity contribution in [1.82, 2.24) is 5.01 Å². The molecule has 0 saturated heterocycles. The van der Waals surface area contributed by atoms with Crippen molar-refractivity contribution < 1.29 is 4.79 Å². The summed E-state index contributed by atoms with van der Waals surface area (Å²) in [5.74, 6) is 1.32. The average Bonchev–Trinajstić information content (AvgIpc) is 3.08. The number of fused-ring (bicyclic) bond motifs is 3. The van der Waals surface area contributed by atoms with Crippen molar-refractivity contribution in [3.63, 3.8) is 0 Å². The molecule has 1 heterocycles. The van der Waals surface area contributed by atoms with Crippen LogP contribution in [0.2, 0.25) is 0 Å². The van der Waals surface area contributed by atoms with Gasteiger partial charge in [-0.2, -0.15) is 5.10 Å². The Hall–Kier alpha value is -2.42. The molecule has 1 aliphatic heterocycles. The monoisotopic (exact) mass is 372 g/mol. The van der Waals surface area contributed by atoms with Crippen LogP contribution in [0.3, 0.4) is 0 Å². The normalized spacial score (nSPS) is 34.6. The predicted molar refractivity (Wildman–Crippen MR) is 112 cm³/mol. The van der Waals surface area contributed by atoms with Gasteiger partial charge in [0.15, 0.2) is 0 Å². The zero-order chi connectivity index (χ0) is 19.3. The van der Waals surface area contributed by atoms with Crippen LogP contribution in [0, 0.1) is 17.8 Å². The summed E-state index contributed by atoms with van der Waals surface area (Å²) >= 11 is 0. The Kier molecular flexibility index (Phi) is 4.15. The molecule has 3 heteroatoms. The molecule has 0 spiro atoms. The molecule has 0 radical (unpaired) electrons. The summed E-state index contributed by atoms with van der Waals surface area (Å²) in [6.45, 7) is 2.15. The van der Waals surface area contributed by atoms with E-state index in [1.54, 1.807) is 0 Å². The second kappa shape index (κ2) is 6.58. The fraction of sp³-hybridized carbons (Fsp3) is 0.440. The number of hydrogen-bond donors (Lipinski definition) is 0. The summed E-state index contributed by atoms with van der Waals surface area (Å²) in [7, 11) is 2.12. The Bertz CT molecular complexity index is 907. The average molecular weight is 373 g/mol. The minimum atomic E-state index is -0.102. The topological polar surface area (TPSA) is 32.7 Å². The molecule has 144 valence electrons. The Labute approximate surface area is 167 Å². The number of benzene rings is 2. The molecular formula is C25H28N2O. The summed E-state index contributed by atoms with van der Waals surface area (Å²) < 4.78 is 0. The van der Waals surface area contributed by atoms with E-state index in [1.807, 2.05) is 0 Å². The molecule has 2 aromatic rings. The van der Waals surface area contributed by atoms with Gasteiger partial charge in [0, 0.05) is 30.7 Å². The third kappa shape index (κ3) is 2.41. The van der Waals surface area contributed by atoms with Crippen LogP contribution in [-0.2, 0) is 10.2 Å². The highest BCUT2D eigenvalue weighted by atomic mass is 16.1. The van der Waals surface area contributed by atoms with Crippen molar-refractivity contribution in [2.45, 2.75) is 44.1 Å². The van der Waals surface area contributed by atoms with E-state index in [0.717, 1.165) is 19.3 Å². The summed E-state index contributed by atoms with van der Waals surface area (Å²) in [5.41, 5.74) is 3.92. The summed E-state index contributed by atoms with van der Waals surface area (Å²) in [4.78, 5) is 12.6. The van der Waals surface area contributed by atoms with Crippen LogP contribution in [0.1, 0.15) is 49.8 Å². The van der Waals surface area contributed by atoms with Gasteiger partial charge in [-0.05, 0) is 36.3 Å². The van der Waals surface area contributed by atoms with E-state index < -0.39 is 0 Å². The van der Waals surface area contributed by atoms with Gasteiger partial charge in [-0.1, -0.05) is 67.6 Å². The van der Waals surface area contributed by atoms with Crippen LogP contribution >= 0.6 is 0 Å². The number of hydrazone groups is 1. The first-order valence-corrected chi connectivity index (χ1v) is 10.6. The first kappa shape index (κ1) is 17.7. The molecule has 0 bridgehead atoms. The van der Waals surface area contributed by atoms with Crippen LogP contribution in [0.5, 0.6) is 0 Å². The zero-order valence-electron chi connectivity index (χ0n) is 16.7. The number of nitrogens with zero attached hydrogens (tertiary/aromatic N) is 2. The fourth-order valence-electron chi connectivity index (χ4n) is 6.33. The quantitative estimate of drug-likeness (QED) is 0.744. The van der Waals surface area contributed by atoms with Crippen LogP contribution < -0.4 is 0 Å². The summed E-state index contributed by atoms with van der Waals surface area (Å²) in [5, 5.41) is 7.38. The van der Waals surface area contributed by atoms with E-state index in [1.165, 1.54) is 16.8 Å². The van der Waals surface area contributed by atoms with Crippen LogP contribution in [0.4, 0.5) is 0 Å². The molecule has 28 heavy (non-hydrogen) atoms. The lowest BCUT2D eigenvalue weighted by molar-refractivity contribution is -0.128. The lowest BCUT2D eigenvalue weighted by Gasteiger charge is -2.52. The van der Waals surface area contributed by atoms with Gasteiger partial charge in [-0.15, -0.1) is 0 Å². The molecule has 2 saturated carbocycles. The third-order valence-corrected chi connectivity index (χ3v) is 7.59. The molecule has 2 fully saturated rings. The first-order valence-electron chi connectivity index (χ1n) is 10.6. The van der Waals surface area contributed by atoms with E-state index >= 15 is 0 Å². The minimum Gasteiger partial charge on any atom is -0.299 e. The Balaban J connectivity index is 1.65. The highest BCUT2D eigenvalue weighted by Gasteiger charge is 2.58. The lowest BCUT2D eigenvalue weighted by atomic mass is 9.50. The summed E-state index contributed by atoms with van der Waals surface area (Å²) in [6, 6.07) is 22.0. The number of carbonyl (C=O) groups is 1. The molecule has 3 aliphatic rings. The van der Waals surface area contributed by atoms with E-state index in [4.69, 9.17) is 5.10 Å². The molecule has 0 amide bonds. The maximum absolute atomic E-state index is 12.6. The van der Waals surface area contributed by atoms with E-state index in [0.29, 0.717) is 30.1 Å². The van der Waals surface area contributed by atoms with Gasteiger partial charge in [-0.3, -0.25) is 9.80 Å². The van der Waals surface area contributed by atoms with Gasteiger partial charge in [0.05, 0.1) is 11.8 Å². The van der Waals surface area contributed by atoms with Crippen molar-refractivity contribution in [2.24, 2.45) is 22.9 Å². The number of carbonyl (C=O) groups excluding carboxylic acids is 1. The maximum Gasteiger partial charge on any atom is 0.136 e. The Morgan fingerprint density at radius 1 is 1.00 bits per heavy atom. The predicted octanol–water partition coefficient (Wildman–Crippen LogP) is 4.99. The highest BCUT2D eigenvalue weighted by molar-refractivity contribution is 6.01. The smallest absolute Gasteiger partial charge is 0.136 e. The zero-order valence-corrected chi connectivity index (χ0v) is 16.7. The standard InChI is InChI=1S/C25H28N2O/c1-17-21-14-13-20-23(18-9-5-3-6-10-18)27(2)26-24(20)25(21,16-15-22(17)28)19-11-7-4-8-12-19/h3-12,17,20-21,23H,13-16H2,1-2H3/t17-,20+,21-,23-,25+/m0/s1. The number of rotatable bonds is 2. The molecule has 2 aromatic carbocycles. The van der Waals surface area contributed by atoms with E-state index in [2.05, 4.69) is 79.6 Å². The first-order chi connectivity index (χ1) is 13.6. The molecule has 0 aromatic heterocycles. The molecule has 2 aliphatic carbocycles. The van der Waals surface area contributed by atoms with Gasteiger partial charge in [0.1, 0.15) is 5.78 Å². The Morgan fingerprint density at radius 2 is 1.68 bits per heavy atom. The van der Waals surface area contributed by atoms with E-state index in [-0.39, 0.29) is 11.3 Å². The van der Waals surface area contributed by atoms with Gasteiger partial charge >= 0.3 is 0 Å². The molecule has 0 N–H and O–H groups in total. The molecule has 3 nitrogen and oxygen atoms in total. The van der Waals surface area contributed by atoms with Crippen molar-refractivity contribution >= 4 is 11.5 Å². The van der Waals surface area contributed by atoms with Gasteiger partial charge in [0.25, 0.3) is 0 Å². The van der Waals surface area contributed by atoms with Gasteiger partial charge < -0.3 is 0 Å². The van der Waals surface area contributed by atoms with Crippen LogP contribution in [-0.4, -0.2) is 23.6 Å². The van der Waals surface area contributed by atoms with Crippen molar-refractivity contribution in [2.75, 3.05) is 7.05 Å². The number of ketones is 1. The van der Waals surface area contributed by atoms with Crippen molar-refractivity contribution in [1.29, 1.82) is 0 Å². The Morgan fingerprint density at radius 3 is 2.39 bits per heavy atom. The largest absolute Gasteiger partial charge is 0.299 e. The lowest BCUT2D eigenvalue weighted by Crippen LogP contribution is -2.55. The van der Waals surface area contributed by atoms with Gasteiger partial charge in [-0.25, -0.2) is 0 Å². The third-order valence-electron chi connectivity index (χ3n) is 7.59. The molecule has 5 atom stereocenters. The second-order valence-electron chi connectivity index (χ2n) is 8.80. The fourth-order valence-corrected chi connectivity index (χ4v) is 6.33. The molecular weight excluding hydrogens is 344 g/mol. The number of hydrogen-bond acceptors (Lipinski definition) is 3. The van der Waals surface area contributed by atoms with Crippen molar-refractivity contribution in [3.05, 3.63) is 71.8 Å². The van der Waals surface area contributed by atoms with E-state index in [9.17, 15) is 4.79 Å². The maximum atomic E-state index is 12.6. The van der Waals surface area contributed by atoms with Crippen molar-refractivity contribution in [3.8, 4) is 0 Å². The SMILES string of the molecule is C[C@@H]1C(=O)CC[C@]2(c3ccccc3)C3=NN(C)[C@@H](c4ccccc4)[C@H]3CC[C@@H]12. The van der Waals surface area contributed by atoms with Crippen LogP contribution in [0.15, 0.2) is 65.8 Å². The minimum absolute atomic E-state index is 0.102. The number of Topliss-reactive ketones (excluding diaryl/α,β-unsaturated/α-hetero) is 1. The van der Waals surface area contributed by atoms with Gasteiger partial charge in [0.2, 0.25) is 0 Å².